The first kappa shape index (κ1) is 9.84. The Morgan fingerprint density at radius 1 is 1.44 bits per heavy atom. The number of aryl methyl sites for hydroxylation is 1. The first-order valence-electron chi connectivity index (χ1n) is 5.15. The number of hydrogen-bond donors (Lipinski definition) is 1. The smallest absolute Gasteiger partial charge is 0.153 e. The van der Waals surface area contributed by atoms with Crippen LogP contribution in [0.15, 0.2) is 28.9 Å². The highest BCUT2D eigenvalue weighted by atomic mass is 79.9. The van der Waals surface area contributed by atoms with Gasteiger partial charge >= 0.3 is 0 Å². The van der Waals surface area contributed by atoms with Gasteiger partial charge in [-0.1, -0.05) is 23.4 Å². The number of benzene rings is 1. The number of aromatic nitrogens is 3. The molecular formula is C11H11BrN4. The van der Waals surface area contributed by atoms with E-state index in [0.29, 0.717) is 0 Å². The van der Waals surface area contributed by atoms with Crippen LogP contribution in [0.5, 0.6) is 0 Å². The average Bonchev–Trinajstić information content (AvgIpc) is 2.82. The average molecular weight is 279 g/mol. The minimum absolute atomic E-state index is 0.256. The molecule has 1 N–H and O–H groups in total. The van der Waals surface area contributed by atoms with Crippen molar-refractivity contribution in [2.45, 2.75) is 12.5 Å². The van der Waals surface area contributed by atoms with E-state index in [2.05, 4.69) is 49.8 Å². The van der Waals surface area contributed by atoms with Crippen LogP contribution in [0.2, 0.25) is 0 Å². The van der Waals surface area contributed by atoms with Crippen LogP contribution < -0.4 is 5.32 Å². The van der Waals surface area contributed by atoms with Gasteiger partial charge in [-0.05, 0) is 27.6 Å². The second-order valence-corrected chi connectivity index (χ2v) is 4.70. The first-order valence-corrected chi connectivity index (χ1v) is 5.94. The number of hydrogen-bond acceptors (Lipinski definition) is 3. The zero-order valence-corrected chi connectivity index (χ0v) is 10.4. The Morgan fingerprint density at radius 2 is 2.25 bits per heavy atom. The van der Waals surface area contributed by atoms with Crippen molar-refractivity contribution in [3.63, 3.8) is 0 Å². The summed E-state index contributed by atoms with van der Waals surface area (Å²) in [5.41, 5.74) is 3.65. The second kappa shape index (κ2) is 3.59. The van der Waals surface area contributed by atoms with E-state index in [0.717, 1.165) is 16.7 Å². The molecule has 0 saturated heterocycles. The molecule has 1 aromatic carbocycles. The quantitative estimate of drug-likeness (QED) is 0.871. The van der Waals surface area contributed by atoms with Crippen molar-refractivity contribution < 1.29 is 0 Å². The molecule has 5 heteroatoms. The number of anilines is 1. The molecule has 0 bridgehead atoms. The zero-order valence-electron chi connectivity index (χ0n) is 8.81. The highest BCUT2D eigenvalue weighted by Gasteiger charge is 2.26. The number of halogens is 1. The molecule has 1 unspecified atom stereocenters. The van der Waals surface area contributed by atoms with Crippen molar-refractivity contribution in [2.24, 2.45) is 7.05 Å². The lowest BCUT2D eigenvalue weighted by Crippen LogP contribution is -2.11. The molecule has 3 rings (SSSR count). The molecule has 0 saturated carbocycles. The number of nitrogens with zero attached hydrogens (tertiary/aromatic N) is 3. The molecule has 2 heterocycles. The highest BCUT2D eigenvalue weighted by molar-refractivity contribution is 9.10. The Morgan fingerprint density at radius 3 is 2.94 bits per heavy atom. The molecular weight excluding hydrogens is 268 g/mol. The fourth-order valence-electron chi connectivity index (χ4n) is 2.17. The minimum atomic E-state index is 0.256. The Balaban J connectivity index is 1.97. The lowest BCUT2D eigenvalue weighted by atomic mass is 10.1. The topological polar surface area (TPSA) is 42.7 Å². The second-order valence-electron chi connectivity index (χ2n) is 3.95. The molecule has 0 amide bonds. The highest BCUT2D eigenvalue weighted by Crippen LogP contribution is 2.35. The molecule has 0 spiro atoms. The van der Waals surface area contributed by atoms with E-state index in [1.807, 2.05) is 17.8 Å². The maximum Gasteiger partial charge on any atom is 0.153 e. The van der Waals surface area contributed by atoms with Gasteiger partial charge in [0.1, 0.15) is 0 Å². The van der Waals surface area contributed by atoms with Gasteiger partial charge in [0.05, 0.1) is 11.7 Å². The molecule has 16 heavy (non-hydrogen) atoms. The van der Waals surface area contributed by atoms with Gasteiger partial charge in [-0.25, -0.2) is 4.68 Å². The molecule has 0 radical (unpaired) electrons. The fraction of sp³-hybridized carbons (Fsp3) is 0.273. The predicted octanol–water partition coefficient (Wildman–Crippen LogP) is 2.29. The standard InChI is InChI=1S/C11H11BrN4/c1-16-10(11(12)14-15-16)9-6-7-4-2-3-5-8(7)13-9/h2-5,9,13H,6H2,1H3. The summed E-state index contributed by atoms with van der Waals surface area (Å²) < 4.78 is 2.63. The number of nitrogens with one attached hydrogen (secondary N) is 1. The Labute approximate surface area is 102 Å². The molecule has 82 valence electrons. The summed E-state index contributed by atoms with van der Waals surface area (Å²) in [5, 5.41) is 11.5. The van der Waals surface area contributed by atoms with Crippen LogP contribution in [-0.2, 0) is 13.5 Å². The third-order valence-corrected chi connectivity index (χ3v) is 3.49. The Hall–Kier alpha value is -1.36. The third-order valence-electron chi connectivity index (χ3n) is 2.93. The summed E-state index contributed by atoms with van der Waals surface area (Å²) >= 11 is 3.44. The largest absolute Gasteiger partial charge is 0.376 e. The van der Waals surface area contributed by atoms with Crippen LogP contribution >= 0.6 is 15.9 Å². The fourth-order valence-corrected chi connectivity index (χ4v) is 2.78. The van der Waals surface area contributed by atoms with Gasteiger partial charge in [-0.3, -0.25) is 0 Å². The molecule has 1 atom stereocenters. The maximum absolute atomic E-state index is 4.01. The van der Waals surface area contributed by atoms with Gasteiger partial charge in [-0.2, -0.15) is 0 Å². The van der Waals surface area contributed by atoms with E-state index in [1.165, 1.54) is 11.3 Å². The van der Waals surface area contributed by atoms with E-state index in [1.54, 1.807) is 0 Å². The Kier molecular flexibility index (Phi) is 2.21. The van der Waals surface area contributed by atoms with Crippen molar-refractivity contribution in [3.8, 4) is 0 Å². The van der Waals surface area contributed by atoms with Gasteiger partial charge in [0.15, 0.2) is 4.60 Å². The zero-order chi connectivity index (χ0) is 11.1. The summed E-state index contributed by atoms with van der Waals surface area (Å²) in [6, 6.07) is 8.63. The van der Waals surface area contributed by atoms with Crippen LogP contribution in [0.1, 0.15) is 17.3 Å². The maximum atomic E-state index is 4.01. The number of fused-ring (bicyclic) bond motifs is 1. The molecule has 2 aromatic rings. The van der Waals surface area contributed by atoms with Crippen molar-refractivity contribution in [2.75, 3.05) is 5.32 Å². The SMILES string of the molecule is Cn1nnc(Br)c1C1Cc2ccccc2N1. The van der Waals surface area contributed by atoms with E-state index in [9.17, 15) is 0 Å². The van der Waals surface area contributed by atoms with Crippen LogP contribution in [0, 0.1) is 0 Å². The molecule has 0 fully saturated rings. The summed E-state index contributed by atoms with van der Waals surface area (Å²) in [5.74, 6) is 0. The minimum Gasteiger partial charge on any atom is -0.376 e. The van der Waals surface area contributed by atoms with Crippen molar-refractivity contribution in [3.05, 3.63) is 40.1 Å². The van der Waals surface area contributed by atoms with Crippen LogP contribution in [0.4, 0.5) is 5.69 Å². The predicted molar refractivity (Wildman–Crippen MR) is 65.2 cm³/mol. The molecule has 0 aliphatic carbocycles. The van der Waals surface area contributed by atoms with Gasteiger partial charge in [-0.15, -0.1) is 5.10 Å². The van der Waals surface area contributed by atoms with Crippen LogP contribution in [0.3, 0.4) is 0 Å². The number of para-hydroxylation sites is 1. The summed E-state index contributed by atoms with van der Waals surface area (Å²) in [4.78, 5) is 0. The molecule has 4 nitrogen and oxygen atoms in total. The first-order chi connectivity index (χ1) is 7.75. The molecule has 1 aromatic heterocycles. The lowest BCUT2D eigenvalue weighted by Gasteiger charge is -2.11. The van der Waals surface area contributed by atoms with E-state index in [-0.39, 0.29) is 6.04 Å². The monoisotopic (exact) mass is 278 g/mol. The summed E-state index contributed by atoms with van der Waals surface area (Å²) in [6.45, 7) is 0. The van der Waals surface area contributed by atoms with Crippen molar-refractivity contribution in [1.29, 1.82) is 0 Å². The number of rotatable bonds is 1. The van der Waals surface area contributed by atoms with E-state index in [4.69, 9.17) is 0 Å². The summed E-state index contributed by atoms with van der Waals surface area (Å²) in [6.07, 6.45) is 0.982. The van der Waals surface area contributed by atoms with Gasteiger partial charge in [0.2, 0.25) is 0 Å². The van der Waals surface area contributed by atoms with Crippen LogP contribution in [0.25, 0.3) is 0 Å². The molecule has 1 aliphatic heterocycles. The third kappa shape index (κ3) is 1.43. The van der Waals surface area contributed by atoms with Crippen LogP contribution in [-0.4, -0.2) is 15.0 Å². The van der Waals surface area contributed by atoms with Crippen molar-refractivity contribution in [1.82, 2.24) is 15.0 Å². The summed E-state index contributed by atoms with van der Waals surface area (Å²) in [7, 11) is 1.91. The van der Waals surface area contributed by atoms with Gasteiger partial charge in [0, 0.05) is 19.2 Å². The van der Waals surface area contributed by atoms with E-state index < -0.39 is 0 Å². The van der Waals surface area contributed by atoms with Gasteiger partial charge < -0.3 is 5.32 Å². The van der Waals surface area contributed by atoms with E-state index >= 15 is 0 Å². The lowest BCUT2D eigenvalue weighted by molar-refractivity contribution is 0.640. The normalized spacial score (nSPS) is 18.2. The van der Waals surface area contributed by atoms with Crippen molar-refractivity contribution >= 4 is 21.6 Å². The van der Waals surface area contributed by atoms with Gasteiger partial charge in [0.25, 0.3) is 0 Å². The molecule has 1 aliphatic rings. The Bertz CT molecular complexity index is 490.